The lowest BCUT2D eigenvalue weighted by molar-refractivity contribution is -0.123. The van der Waals surface area contributed by atoms with Gasteiger partial charge in [0.2, 0.25) is 11.7 Å². The summed E-state index contributed by atoms with van der Waals surface area (Å²) in [4.78, 5) is 27.7. The SMILES string of the molecule is COc1cc(C(=O)NC(C)C(=O)NCC2(N(C)C)CCCCCC2)cc(OC)c1OC. The summed E-state index contributed by atoms with van der Waals surface area (Å²) in [7, 11) is 8.63. The van der Waals surface area contributed by atoms with Crippen molar-refractivity contribution in [2.24, 2.45) is 0 Å². The van der Waals surface area contributed by atoms with E-state index >= 15 is 0 Å². The molecule has 1 fully saturated rings. The molecule has 0 spiro atoms. The minimum atomic E-state index is -0.684. The van der Waals surface area contributed by atoms with Gasteiger partial charge in [-0.05, 0) is 46.0 Å². The van der Waals surface area contributed by atoms with Gasteiger partial charge in [-0.2, -0.15) is 0 Å². The van der Waals surface area contributed by atoms with Gasteiger partial charge in [-0.15, -0.1) is 0 Å². The van der Waals surface area contributed by atoms with Crippen LogP contribution in [0, 0.1) is 0 Å². The molecule has 0 aromatic heterocycles. The Balaban J connectivity index is 2.04. The molecule has 0 saturated heterocycles. The van der Waals surface area contributed by atoms with Gasteiger partial charge in [0, 0.05) is 17.6 Å². The number of nitrogens with one attached hydrogen (secondary N) is 2. The third-order valence-electron chi connectivity index (χ3n) is 6.24. The quantitative estimate of drug-likeness (QED) is 0.580. The molecule has 1 aromatic carbocycles. The zero-order valence-electron chi connectivity index (χ0n) is 19.7. The number of amides is 2. The van der Waals surface area contributed by atoms with E-state index in [9.17, 15) is 9.59 Å². The number of methoxy groups -OCH3 is 3. The number of nitrogens with zero attached hydrogens (tertiary/aromatic N) is 1. The van der Waals surface area contributed by atoms with Gasteiger partial charge >= 0.3 is 0 Å². The average molecular weight is 436 g/mol. The highest BCUT2D eigenvalue weighted by Crippen LogP contribution is 2.38. The first-order valence-corrected chi connectivity index (χ1v) is 10.8. The van der Waals surface area contributed by atoms with Crippen LogP contribution in [0.4, 0.5) is 0 Å². The summed E-state index contributed by atoms with van der Waals surface area (Å²) in [6, 6.07) is 2.44. The number of hydrogen-bond donors (Lipinski definition) is 2. The second-order valence-corrected chi connectivity index (χ2v) is 8.36. The largest absolute Gasteiger partial charge is 0.493 e. The van der Waals surface area contributed by atoms with Crippen molar-refractivity contribution >= 4 is 11.8 Å². The summed E-state index contributed by atoms with van der Waals surface area (Å²) in [6.45, 7) is 2.25. The molecule has 0 bridgehead atoms. The van der Waals surface area contributed by atoms with Crippen LogP contribution < -0.4 is 24.8 Å². The van der Waals surface area contributed by atoms with Gasteiger partial charge in [0.15, 0.2) is 11.5 Å². The monoisotopic (exact) mass is 435 g/mol. The fourth-order valence-corrected chi connectivity index (χ4v) is 4.13. The number of rotatable bonds is 9. The number of ether oxygens (including phenoxy) is 3. The molecule has 8 nitrogen and oxygen atoms in total. The second kappa shape index (κ2) is 11.2. The molecule has 1 aromatic rings. The molecule has 31 heavy (non-hydrogen) atoms. The third-order valence-corrected chi connectivity index (χ3v) is 6.24. The molecule has 1 aliphatic rings. The van der Waals surface area contributed by atoms with E-state index in [2.05, 4.69) is 29.6 Å². The fourth-order valence-electron chi connectivity index (χ4n) is 4.13. The van der Waals surface area contributed by atoms with Crippen molar-refractivity contribution < 1.29 is 23.8 Å². The number of carbonyl (C=O) groups is 2. The van der Waals surface area contributed by atoms with Crippen LogP contribution in [-0.4, -0.2) is 70.3 Å². The number of hydrogen-bond acceptors (Lipinski definition) is 6. The fraction of sp³-hybridized carbons (Fsp3) is 0.652. The van der Waals surface area contributed by atoms with Gasteiger partial charge < -0.3 is 29.7 Å². The third kappa shape index (κ3) is 6.03. The first-order valence-electron chi connectivity index (χ1n) is 10.8. The van der Waals surface area contributed by atoms with Gasteiger partial charge in [0.05, 0.1) is 21.3 Å². The summed E-state index contributed by atoms with van der Waals surface area (Å²) >= 11 is 0. The second-order valence-electron chi connectivity index (χ2n) is 8.36. The molecule has 1 atom stereocenters. The number of carbonyl (C=O) groups excluding carboxylic acids is 2. The Kier molecular flexibility index (Phi) is 8.98. The summed E-state index contributed by atoms with van der Waals surface area (Å²) in [5, 5.41) is 5.82. The van der Waals surface area contributed by atoms with Gasteiger partial charge in [-0.1, -0.05) is 25.7 Å². The summed E-state index contributed by atoms with van der Waals surface area (Å²) in [6.07, 6.45) is 6.94. The van der Waals surface area contributed by atoms with E-state index in [0.29, 0.717) is 29.4 Å². The van der Waals surface area contributed by atoms with Crippen LogP contribution in [-0.2, 0) is 4.79 Å². The van der Waals surface area contributed by atoms with Crippen molar-refractivity contribution in [1.82, 2.24) is 15.5 Å². The van der Waals surface area contributed by atoms with Crippen LogP contribution in [0.2, 0.25) is 0 Å². The predicted molar refractivity (Wildman–Crippen MR) is 120 cm³/mol. The lowest BCUT2D eigenvalue weighted by atomic mass is 9.88. The zero-order chi connectivity index (χ0) is 23.0. The van der Waals surface area contributed by atoms with Crippen molar-refractivity contribution in [3.63, 3.8) is 0 Å². The Morgan fingerprint density at radius 2 is 1.55 bits per heavy atom. The van der Waals surface area contributed by atoms with E-state index in [1.807, 2.05) is 0 Å². The maximum absolute atomic E-state index is 12.8. The van der Waals surface area contributed by atoms with Gasteiger partial charge in [-0.3, -0.25) is 9.59 Å². The van der Waals surface area contributed by atoms with E-state index in [-0.39, 0.29) is 11.4 Å². The summed E-state index contributed by atoms with van der Waals surface area (Å²) in [5.74, 6) is 0.575. The molecule has 0 aliphatic heterocycles. The average Bonchev–Trinajstić information content (AvgIpc) is 3.02. The number of benzene rings is 1. The lowest BCUT2D eigenvalue weighted by Crippen LogP contribution is -2.55. The van der Waals surface area contributed by atoms with E-state index in [1.54, 1.807) is 19.1 Å². The smallest absolute Gasteiger partial charge is 0.252 e. The van der Waals surface area contributed by atoms with Gasteiger partial charge in [-0.25, -0.2) is 0 Å². The number of likely N-dealkylation sites (N-methyl/N-ethyl adjacent to an activating group) is 1. The Morgan fingerprint density at radius 3 is 2.00 bits per heavy atom. The first-order chi connectivity index (χ1) is 14.8. The Morgan fingerprint density at radius 1 is 1.00 bits per heavy atom. The molecule has 1 unspecified atom stereocenters. The van der Waals surface area contributed by atoms with Gasteiger partial charge in [0.25, 0.3) is 5.91 Å². The lowest BCUT2D eigenvalue weighted by Gasteiger charge is -2.40. The Bertz CT molecular complexity index is 733. The summed E-state index contributed by atoms with van der Waals surface area (Å²) in [5.41, 5.74) is 0.287. The molecule has 2 rings (SSSR count). The van der Waals surface area contributed by atoms with Crippen molar-refractivity contribution in [3.05, 3.63) is 17.7 Å². The van der Waals surface area contributed by atoms with E-state index < -0.39 is 11.9 Å². The van der Waals surface area contributed by atoms with Crippen LogP contribution >= 0.6 is 0 Å². The Hall–Kier alpha value is -2.48. The molecule has 1 saturated carbocycles. The molecule has 0 radical (unpaired) electrons. The summed E-state index contributed by atoms with van der Waals surface area (Å²) < 4.78 is 15.9. The minimum absolute atomic E-state index is 0.0351. The molecule has 2 N–H and O–H groups in total. The van der Waals surface area contributed by atoms with E-state index in [0.717, 1.165) is 12.8 Å². The van der Waals surface area contributed by atoms with Crippen molar-refractivity contribution in [2.75, 3.05) is 42.0 Å². The molecule has 2 amide bonds. The molecular weight excluding hydrogens is 398 g/mol. The maximum Gasteiger partial charge on any atom is 0.252 e. The topological polar surface area (TPSA) is 89.1 Å². The molecule has 8 heteroatoms. The Labute approximate surface area is 185 Å². The highest BCUT2D eigenvalue weighted by molar-refractivity contribution is 5.98. The standard InChI is InChI=1S/C23H37N3O5/c1-16(21(27)24-15-23(26(2)3)11-9-7-8-10-12-23)25-22(28)17-13-18(29-4)20(31-6)19(14-17)30-5/h13-14,16H,7-12,15H2,1-6H3,(H,24,27)(H,25,28). The van der Waals surface area contributed by atoms with Gasteiger partial charge in [0.1, 0.15) is 6.04 Å². The highest BCUT2D eigenvalue weighted by Gasteiger charge is 2.34. The van der Waals surface area contributed by atoms with E-state index in [4.69, 9.17) is 14.2 Å². The minimum Gasteiger partial charge on any atom is -0.493 e. The zero-order valence-corrected chi connectivity index (χ0v) is 19.7. The van der Waals surface area contributed by atoms with Crippen molar-refractivity contribution in [1.29, 1.82) is 0 Å². The predicted octanol–water partition coefficient (Wildman–Crippen LogP) is 2.60. The van der Waals surface area contributed by atoms with Crippen LogP contribution in [0.3, 0.4) is 0 Å². The highest BCUT2D eigenvalue weighted by atomic mass is 16.5. The van der Waals surface area contributed by atoms with Crippen LogP contribution in [0.15, 0.2) is 12.1 Å². The van der Waals surface area contributed by atoms with Crippen LogP contribution in [0.5, 0.6) is 17.2 Å². The molecule has 1 aliphatic carbocycles. The molecular formula is C23H37N3O5. The van der Waals surface area contributed by atoms with Crippen molar-refractivity contribution in [3.8, 4) is 17.2 Å². The van der Waals surface area contributed by atoms with Crippen molar-refractivity contribution in [2.45, 2.75) is 57.0 Å². The maximum atomic E-state index is 12.8. The molecule has 174 valence electrons. The van der Waals surface area contributed by atoms with E-state index in [1.165, 1.54) is 47.0 Å². The normalized spacial score (nSPS) is 16.7. The van der Waals surface area contributed by atoms with Crippen LogP contribution in [0.1, 0.15) is 55.8 Å². The molecule has 0 heterocycles. The van der Waals surface area contributed by atoms with Crippen LogP contribution in [0.25, 0.3) is 0 Å². The first kappa shape index (κ1) is 24.8.